The molecule has 29 heavy (non-hydrogen) atoms. The lowest BCUT2D eigenvalue weighted by Gasteiger charge is -2.10. The van der Waals surface area contributed by atoms with E-state index in [-0.39, 0.29) is 23.5 Å². The average Bonchev–Trinajstić information content (AvgIpc) is 3.18. The third-order valence-corrected chi connectivity index (χ3v) is 4.47. The fourth-order valence-corrected chi connectivity index (χ4v) is 2.84. The van der Waals surface area contributed by atoms with Crippen molar-refractivity contribution in [1.29, 1.82) is 0 Å². The minimum absolute atomic E-state index is 0.0366. The molecule has 0 fully saturated rings. The highest BCUT2D eigenvalue weighted by atomic mass is 16.5. The summed E-state index contributed by atoms with van der Waals surface area (Å²) in [4.78, 5) is 24.4. The first-order valence-corrected chi connectivity index (χ1v) is 9.35. The van der Waals surface area contributed by atoms with Gasteiger partial charge in [0.1, 0.15) is 11.5 Å². The normalized spacial score (nSPS) is 10.7. The van der Waals surface area contributed by atoms with E-state index in [1.807, 2.05) is 51.1 Å². The maximum Gasteiger partial charge on any atom is 0.291 e. The minimum atomic E-state index is -0.362. The third kappa shape index (κ3) is 4.66. The highest BCUT2D eigenvalue weighted by Crippen LogP contribution is 2.29. The molecule has 0 spiro atoms. The molecule has 2 N–H and O–H groups in total. The van der Waals surface area contributed by atoms with Gasteiger partial charge in [-0.1, -0.05) is 26.0 Å². The van der Waals surface area contributed by atoms with Crippen LogP contribution in [0.1, 0.15) is 30.0 Å². The molecular formula is C23H24N2O4. The molecule has 3 aromatic rings. The Balaban J connectivity index is 1.77. The molecule has 150 valence electrons. The molecule has 0 radical (unpaired) electrons. The van der Waals surface area contributed by atoms with Crippen LogP contribution in [0, 0.1) is 12.8 Å². The number of benzene rings is 2. The van der Waals surface area contributed by atoms with Crippen LogP contribution in [-0.4, -0.2) is 18.9 Å². The van der Waals surface area contributed by atoms with Crippen molar-refractivity contribution in [3.8, 4) is 17.1 Å². The van der Waals surface area contributed by atoms with Crippen molar-refractivity contribution in [2.24, 2.45) is 5.92 Å². The lowest BCUT2D eigenvalue weighted by molar-refractivity contribution is -0.118. The number of hydrogen-bond acceptors (Lipinski definition) is 4. The smallest absolute Gasteiger partial charge is 0.291 e. The molecule has 2 aromatic carbocycles. The minimum Gasteiger partial charge on any atom is -0.495 e. The molecule has 2 amide bonds. The second kappa shape index (κ2) is 8.65. The molecular weight excluding hydrogens is 368 g/mol. The van der Waals surface area contributed by atoms with Gasteiger partial charge in [0.25, 0.3) is 5.91 Å². The van der Waals surface area contributed by atoms with E-state index >= 15 is 0 Å². The van der Waals surface area contributed by atoms with E-state index < -0.39 is 0 Å². The van der Waals surface area contributed by atoms with Crippen molar-refractivity contribution in [3.05, 3.63) is 65.9 Å². The van der Waals surface area contributed by atoms with Gasteiger partial charge in [-0.2, -0.15) is 0 Å². The summed E-state index contributed by atoms with van der Waals surface area (Å²) in [5, 5.41) is 5.67. The van der Waals surface area contributed by atoms with Gasteiger partial charge in [0.15, 0.2) is 5.76 Å². The van der Waals surface area contributed by atoms with Crippen LogP contribution in [0.3, 0.4) is 0 Å². The third-order valence-electron chi connectivity index (χ3n) is 4.47. The Morgan fingerprint density at radius 3 is 2.45 bits per heavy atom. The van der Waals surface area contributed by atoms with Crippen LogP contribution in [0.15, 0.2) is 59.0 Å². The van der Waals surface area contributed by atoms with Gasteiger partial charge in [-0.15, -0.1) is 0 Å². The zero-order valence-corrected chi connectivity index (χ0v) is 16.9. The predicted molar refractivity (Wildman–Crippen MR) is 113 cm³/mol. The van der Waals surface area contributed by atoms with Gasteiger partial charge in [0, 0.05) is 17.2 Å². The van der Waals surface area contributed by atoms with Crippen molar-refractivity contribution in [3.63, 3.8) is 0 Å². The SMILES string of the molecule is COc1ccccc1NC(=O)c1ccc(-c2ccc(NC(=O)C(C)C)cc2C)o1. The monoisotopic (exact) mass is 392 g/mol. The van der Waals surface area contributed by atoms with Gasteiger partial charge in [0.05, 0.1) is 12.8 Å². The first kappa shape index (κ1) is 20.2. The van der Waals surface area contributed by atoms with Crippen molar-refractivity contribution in [2.45, 2.75) is 20.8 Å². The first-order valence-electron chi connectivity index (χ1n) is 9.35. The standard InChI is InChI=1S/C23H24N2O4/c1-14(2)22(26)24-16-9-10-17(15(3)13-16)19-11-12-21(29-19)23(27)25-18-7-5-6-8-20(18)28-4/h5-14H,1-4H3,(H,24,26)(H,25,27). The number of para-hydroxylation sites is 2. The molecule has 0 atom stereocenters. The number of rotatable bonds is 6. The summed E-state index contributed by atoms with van der Waals surface area (Å²) in [6, 6.07) is 16.1. The molecule has 0 bridgehead atoms. The summed E-state index contributed by atoms with van der Waals surface area (Å²) in [6.45, 7) is 5.62. The van der Waals surface area contributed by atoms with Crippen LogP contribution in [0.4, 0.5) is 11.4 Å². The fraction of sp³-hybridized carbons (Fsp3) is 0.217. The highest BCUT2D eigenvalue weighted by molar-refractivity contribution is 6.03. The molecule has 0 aliphatic carbocycles. The molecule has 3 rings (SSSR count). The van der Waals surface area contributed by atoms with E-state index in [0.29, 0.717) is 17.2 Å². The number of amides is 2. The Kier molecular flexibility index (Phi) is 6.02. The highest BCUT2D eigenvalue weighted by Gasteiger charge is 2.16. The summed E-state index contributed by atoms with van der Waals surface area (Å²) >= 11 is 0. The molecule has 0 saturated heterocycles. The van der Waals surface area contributed by atoms with Crippen molar-refractivity contribution in [1.82, 2.24) is 0 Å². The molecule has 6 heteroatoms. The number of anilines is 2. The van der Waals surface area contributed by atoms with Gasteiger partial charge in [0.2, 0.25) is 5.91 Å². The summed E-state index contributed by atoms with van der Waals surface area (Å²) < 4.78 is 11.0. The number of hydrogen-bond donors (Lipinski definition) is 2. The molecule has 1 heterocycles. The maximum atomic E-state index is 12.5. The van der Waals surface area contributed by atoms with Crippen LogP contribution >= 0.6 is 0 Å². The lowest BCUT2D eigenvalue weighted by Crippen LogP contribution is -2.17. The number of methoxy groups -OCH3 is 1. The van der Waals surface area contributed by atoms with Gasteiger partial charge in [-0.3, -0.25) is 9.59 Å². The van der Waals surface area contributed by atoms with Crippen LogP contribution in [-0.2, 0) is 4.79 Å². The predicted octanol–water partition coefficient (Wildman–Crippen LogP) is 5.11. The Morgan fingerprint density at radius 1 is 1.00 bits per heavy atom. The Bertz CT molecular complexity index is 1040. The summed E-state index contributed by atoms with van der Waals surface area (Å²) in [5.41, 5.74) is 3.08. The maximum absolute atomic E-state index is 12.5. The quantitative estimate of drug-likeness (QED) is 0.611. The first-order chi connectivity index (χ1) is 13.9. The van der Waals surface area contributed by atoms with E-state index in [1.54, 1.807) is 31.4 Å². The summed E-state index contributed by atoms with van der Waals surface area (Å²) in [7, 11) is 1.55. The van der Waals surface area contributed by atoms with E-state index in [9.17, 15) is 9.59 Å². The molecule has 1 aromatic heterocycles. The van der Waals surface area contributed by atoms with Gasteiger partial charge in [-0.05, 0) is 55.0 Å². The molecule has 0 saturated carbocycles. The summed E-state index contributed by atoms with van der Waals surface area (Å²) in [6.07, 6.45) is 0. The fourth-order valence-electron chi connectivity index (χ4n) is 2.84. The van der Waals surface area contributed by atoms with E-state index in [2.05, 4.69) is 10.6 Å². The van der Waals surface area contributed by atoms with Crippen molar-refractivity contribution in [2.75, 3.05) is 17.7 Å². The van der Waals surface area contributed by atoms with Gasteiger partial charge >= 0.3 is 0 Å². The number of carbonyl (C=O) groups excluding carboxylic acids is 2. The number of aryl methyl sites for hydroxylation is 1. The Hall–Kier alpha value is -3.54. The van der Waals surface area contributed by atoms with Crippen LogP contribution in [0.25, 0.3) is 11.3 Å². The van der Waals surface area contributed by atoms with Crippen LogP contribution in [0.5, 0.6) is 5.75 Å². The number of carbonyl (C=O) groups is 2. The second-order valence-corrected chi connectivity index (χ2v) is 6.99. The number of ether oxygens (including phenoxy) is 1. The molecule has 0 aliphatic heterocycles. The summed E-state index contributed by atoms with van der Waals surface area (Å²) in [5.74, 6) is 0.855. The van der Waals surface area contributed by atoms with Crippen LogP contribution in [0.2, 0.25) is 0 Å². The second-order valence-electron chi connectivity index (χ2n) is 6.99. The van der Waals surface area contributed by atoms with Gasteiger partial charge in [-0.25, -0.2) is 0 Å². The van der Waals surface area contributed by atoms with E-state index in [1.165, 1.54) is 0 Å². The van der Waals surface area contributed by atoms with Crippen molar-refractivity contribution < 1.29 is 18.7 Å². The molecule has 0 aliphatic rings. The lowest BCUT2D eigenvalue weighted by atomic mass is 10.1. The van der Waals surface area contributed by atoms with Gasteiger partial charge < -0.3 is 19.8 Å². The average molecular weight is 392 g/mol. The zero-order chi connectivity index (χ0) is 21.0. The molecule has 6 nitrogen and oxygen atoms in total. The van der Waals surface area contributed by atoms with E-state index in [0.717, 1.165) is 16.8 Å². The number of furan rings is 1. The van der Waals surface area contributed by atoms with E-state index in [4.69, 9.17) is 9.15 Å². The Morgan fingerprint density at radius 2 is 1.76 bits per heavy atom. The molecule has 0 unspecified atom stereocenters. The largest absolute Gasteiger partial charge is 0.495 e. The zero-order valence-electron chi connectivity index (χ0n) is 16.9. The Labute approximate surface area is 169 Å². The van der Waals surface area contributed by atoms with Crippen molar-refractivity contribution >= 4 is 23.2 Å². The number of nitrogens with one attached hydrogen (secondary N) is 2. The van der Waals surface area contributed by atoms with Crippen LogP contribution < -0.4 is 15.4 Å². The topological polar surface area (TPSA) is 80.6 Å².